The summed E-state index contributed by atoms with van der Waals surface area (Å²) < 4.78 is 14.2. The lowest BCUT2D eigenvalue weighted by molar-refractivity contribution is 0.167. The highest BCUT2D eigenvalue weighted by Gasteiger charge is 2.30. The van der Waals surface area contributed by atoms with E-state index in [0.717, 1.165) is 28.9 Å². The van der Waals surface area contributed by atoms with Gasteiger partial charge in [-0.15, -0.1) is 0 Å². The zero-order chi connectivity index (χ0) is 13.1. The van der Waals surface area contributed by atoms with Gasteiger partial charge in [0.15, 0.2) is 0 Å². The average molecular weight is 314 g/mol. The summed E-state index contributed by atoms with van der Waals surface area (Å²) in [5, 5.41) is 3.50. The monoisotopic (exact) mass is 313 g/mol. The molecule has 1 nitrogen and oxygen atoms in total. The molecule has 1 N–H and O–H groups in total. The van der Waals surface area contributed by atoms with Crippen LogP contribution in [-0.4, -0.2) is 12.6 Å². The maximum atomic E-state index is 13.3. The smallest absolute Gasteiger partial charge is 0.124 e. The van der Waals surface area contributed by atoms with Crippen LogP contribution in [0.4, 0.5) is 4.39 Å². The summed E-state index contributed by atoms with van der Waals surface area (Å²) >= 11 is 3.36. The van der Waals surface area contributed by atoms with Crippen molar-refractivity contribution in [3.05, 3.63) is 34.1 Å². The first-order valence-electron chi connectivity index (χ1n) is 6.73. The summed E-state index contributed by atoms with van der Waals surface area (Å²) in [4.78, 5) is 0. The lowest BCUT2D eigenvalue weighted by Crippen LogP contribution is -2.38. The molecule has 1 aliphatic rings. The van der Waals surface area contributed by atoms with Crippen LogP contribution in [0.2, 0.25) is 0 Å². The van der Waals surface area contributed by atoms with Crippen molar-refractivity contribution in [2.24, 2.45) is 11.8 Å². The number of rotatable bonds is 5. The SMILES string of the molecule is CC(C)NCC1CCC1Cc1cc(F)cc(Br)c1. The third kappa shape index (κ3) is 3.79. The van der Waals surface area contributed by atoms with Crippen LogP contribution in [0.5, 0.6) is 0 Å². The lowest BCUT2D eigenvalue weighted by atomic mass is 9.70. The van der Waals surface area contributed by atoms with Gasteiger partial charge in [-0.3, -0.25) is 0 Å². The molecule has 0 aromatic heterocycles. The number of halogens is 2. The van der Waals surface area contributed by atoms with Crippen molar-refractivity contribution in [1.29, 1.82) is 0 Å². The van der Waals surface area contributed by atoms with Gasteiger partial charge in [-0.2, -0.15) is 0 Å². The Morgan fingerprint density at radius 2 is 2.00 bits per heavy atom. The van der Waals surface area contributed by atoms with Crippen molar-refractivity contribution in [2.45, 2.75) is 39.2 Å². The molecule has 1 aromatic rings. The third-order valence-corrected chi connectivity index (χ3v) is 4.24. The molecule has 0 spiro atoms. The number of nitrogens with one attached hydrogen (secondary N) is 1. The van der Waals surface area contributed by atoms with Gasteiger partial charge in [0.25, 0.3) is 0 Å². The van der Waals surface area contributed by atoms with Crippen molar-refractivity contribution in [1.82, 2.24) is 5.32 Å². The molecule has 18 heavy (non-hydrogen) atoms. The van der Waals surface area contributed by atoms with E-state index in [-0.39, 0.29) is 5.82 Å². The van der Waals surface area contributed by atoms with Gasteiger partial charge in [0.1, 0.15) is 5.82 Å². The second kappa shape index (κ2) is 6.16. The Hall–Kier alpha value is -0.410. The van der Waals surface area contributed by atoms with Gasteiger partial charge in [0.2, 0.25) is 0 Å². The predicted molar refractivity (Wildman–Crippen MR) is 77.2 cm³/mol. The van der Waals surface area contributed by atoms with Crippen LogP contribution in [-0.2, 0) is 6.42 Å². The first-order chi connectivity index (χ1) is 8.54. The van der Waals surface area contributed by atoms with Gasteiger partial charge in [0, 0.05) is 10.5 Å². The summed E-state index contributed by atoms with van der Waals surface area (Å²) in [5.41, 5.74) is 1.11. The molecule has 1 saturated carbocycles. The molecular formula is C15H21BrFN. The molecule has 2 atom stereocenters. The Kier molecular flexibility index (Phi) is 4.79. The number of benzene rings is 1. The molecule has 0 heterocycles. The normalized spacial score (nSPS) is 23.2. The molecule has 1 aliphatic carbocycles. The summed E-state index contributed by atoms with van der Waals surface area (Å²) in [5.74, 6) is 1.33. The van der Waals surface area contributed by atoms with Crippen LogP contribution >= 0.6 is 15.9 Å². The first-order valence-corrected chi connectivity index (χ1v) is 7.52. The van der Waals surface area contributed by atoms with E-state index in [4.69, 9.17) is 0 Å². The summed E-state index contributed by atoms with van der Waals surface area (Å²) in [6.45, 7) is 5.45. The molecule has 1 aromatic carbocycles. The van der Waals surface area contributed by atoms with Crippen LogP contribution in [0.25, 0.3) is 0 Å². The second-order valence-corrected chi connectivity index (χ2v) is 6.56. The minimum absolute atomic E-state index is 0.143. The van der Waals surface area contributed by atoms with E-state index >= 15 is 0 Å². The Bertz CT molecular complexity index is 385. The topological polar surface area (TPSA) is 12.0 Å². The minimum Gasteiger partial charge on any atom is -0.314 e. The zero-order valence-electron chi connectivity index (χ0n) is 11.0. The average Bonchev–Trinajstić information content (AvgIpc) is 2.23. The van der Waals surface area contributed by atoms with Crippen molar-refractivity contribution in [3.63, 3.8) is 0 Å². The predicted octanol–water partition coefficient (Wildman–Crippen LogP) is 4.15. The highest BCUT2D eigenvalue weighted by Crippen LogP contribution is 2.36. The molecule has 0 bridgehead atoms. The van der Waals surface area contributed by atoms with E-state index in [1.165, 1.54) is 18.9 Å². The first kappa shape index (κ1) is 14.0. The Balaban J connectivity index is 1.89. The summed E-state index contributed by atoms with van der Waals surface area (Å²) in [6.07, 6.45) is 3.58. The quantitative estimate of drug-likeness (QED) is 0.861. The van der Waals surface area contributed by atoms with Crippen molar-refractivity contribution < 1.29 is 4.39 Å². The van der Waals surface area contributed by atoms with Crippen molar-refractivity contribution in [3.8, 4) is 0 Å². The Morgan fingerprint density at radius 1 is 1.28 bits per heavy atom. The molecule has 0 aliphatic heterocycles. The van der Waals surface area contributed by atoms with Crippen LogP contribution in [0.15, 0.2) is 22.7 Å². The summed E-state index contributed by atoms with van der Waals surface area (Å²) in [6, 6.07) is 5.77. The molecule has 1 fully saturated rings. The molecule has 2 rings (SSSR count). The molecule has 0 amide bonds. The maximum Gasteiger partial charge on any atom is 0.124 e. The highest BCUT2D eigenvalue weighted by atomic mass is 79.9. The van der Waals surface area contributed by atoms with E-state index in [1.54, 1.807) is 6.07 Å². The van der Waals surface area contributed by atoms with E-state index in [9.17, 15) is 4.39 Å². The van der Waals surface area contributed by atoms with Crippen LogP contribution in [0.1, 0.15) is 32.3 Å². The molecule has 2 unspecified atom stereocenters. The standard InChI is InChI=1S/C15H21BrFN/c1-10(2)18-9-13-4-3-12(13)5-11-6-14(16)8-15(17)7-11/h6-8,10,12-13,18H,3-5,9H2,1-2H3. The zero-order valence-corrected chi connectivity index (χ0v) is 12.6. The molecule has 0 radical (unpaired) electrons. The van der Waals surface area contributed by atoms with Gasteiger partial charge < -0.3 is 5.32 Å². The van der Waals surface area contributed by atoms with Gasteiger partial charge in [-0.05, 0) is 61.4 Å². The molecular weight excluding hydrogens is 293 g/mol. The van der Waals surface area contributed by atoms with Gasteiger partial charge in [-0.1, -0.05) is 29.8 Å². The molecule has 0 saturated heterocycles. The fourth-order valence-corrected chi connectivity index (χ4v) is 3.11. The Labute approximate surface area is 117 Å². The molecule has 100 valence electrons. The van der Waals surface area contributed by atoms with E-state index in [2.05, 4.69) is 35.1 Å². The van der Waals surface area contributed by atoms with Crippen LogP contribution in [0.3, 0.4) is 0 Å². The van der Waals surface area contributed by atoms with E-state index in [0.29, 0.717) is 12.0 Å². The van der Waals surface area contributed by atoms with Gasteiger partial charge in [0.05, 0.1) is 0 Å². The highest BCUT2D eigenvalue weighted by molar-refractivity contribution is 9.10. The maximum absolute atomic E-state index is 13.3. The van der Waals surface area contributed by atoms with Crippen LogP contribution in [0, 0.1) is 17.7 Å². The number of hydrogen-bond acceptors (Lipinski definition) is 1. The largest absolute Gasteiger partial charge is 0.314 e. The minimum atomic E-state index is -0.143. The lowest BCUT2D eigenvalue weighted by Gasteiger charge is -2.37. The van der Waals surface area contributed by atoms with Crippen LogP contribution < -0.4 is 5.32 Å². The van der Waals surface area contributed by atoms with Gasteiger partial charge >= 0.3 is 0 Å². The van der Waals surface area contributed by atoms with Crippen molar-refractivity contribution in [2.75, 3.05) is 6.54 Å². The summed E-state index contributed by atoms with van der Waals surface area (Å²) in [7, 11) is 0. The number of hydrogen-bond donors (Lipinski definition) is 1. The third-order valence-electron chi connectivity index (χ3n) is 3.78. The fourth-order valence-electron chi connectivity index (χ4n) is 2.59. The molecule has 3 heteroatoms. The fraction of sp³-hybridized carbons (Fsp3) is 0.600. The van der Waals surface area contributed by atoms with E-state index < -0.39 is 0 Å². The van der Waals surface area contributed by atoms with Gasteiger partial charge in [-0.25, -0.2) is 4.39 Å². The Morgan fingerprint density at radius 3 is 2.56 bits per heavy atom. The second-order valence-electron chi connectivity index (χ2n) is 5.64. The van der Waals surface area contributed by atoms with Crippen molar-refractivity contribution >= 4 is 15.9 Å². The van der Waals surface area contributed by atoms with E-state index in [1.807, 2.05) is 6.07 Å².